The van der Waals surface area contributed by atoms with Gasteiger partial charge in [-0.15, -0.1) is 13.2 Å². The fraction of sp³-hybridized carbons (Fsp3) is 0.481. The fourth-order valence-electron chi connectivity index (χ4n) is 10.8. The van der Waals surface area contributed by atoms with E-state index in [1.807, 2.05) is 72.8 Å². The molecule has 0 heterocycles. The molecule has 4 aromatic carbocycles. The zero-order valence-corrected chi connectivity index (χ0v) is 37.9. The molecule has 342 valence electrons. The first kappa shape index (κ1) is 47.0. The van der Waals surface area contributed by atoms with Crippen LogP contribution in [0.4, 0.5) is 18.0 Å². The van der Waals surface area contributed by atoms with Gasteiger partial charge in [-0.25, -0.2) is 4.79 Å². The number of aliphatic hydroxyl groups excluding tert-OH is 1. The van der Waals surface area contributed by atoms with Crippen molar-refractivity contribution in [2.24, 2.45) is 23.2 Å². The summed E-state index contributed by atoms with van der Waals surface area (Å²) >= 11 is 0. The number of hydrogen-bond acceptors (Lipinski definition) is 6. The minimum atomic E-state index is -4.85. The average Bonchev–Trinajstić information content (AvgIpc) is 3.51. The molecule has 2 N–H and O–H groups in total. The number of benzene rings is 4. The van der Waals surface area contributed by atoms with Crippen molar-refractivity contribution in [1.29, 1.82) is 0 Å². The number of amides is 1. The molecule has 64 heavy (non-hydrogen) atoms. The lowest BCUT2D eigenvalue weighted by Crippen LogP contribution is -2.54. The number of rotatable bonds is 10. The van der Waals surface area contributed by atoms with Gasteiger partial charge < -0.3 is 24.6 Å². The van der Waals surface area contributed by atoms with E-state index in [0.29, 0.717) is 67.6 Å². The monoisotopic (exact) mass is 879 g/mol. The van der Waals surface area contributed by atoms with Gasteiger partial charge in [0.1, 0.15) is 11.9 Å². The van der Waals surface area contributed by atoms with Crippen LogP contribution in [0.25, 0.3) is 11.1 Å². The predicted molar refractivity (Wildman–Crippen MR) is 244 cm³/mol. The molecule has 0 aliphatic heterocycles. The highest BCUT2D eigenvalue weighted by atomic mass is 19.4. The SMILES string of the molecule is CC1=CCC[C@@]2(C)[C@@H](CC[C@@]2(O)CN(Cc2ccc(OC(F)(F)F)cc2)C(=O)O[C@H]2C[C@@H](C)CC[C@@H]2C(C)C)c2ccc(cc2C(=O)c2ccc(-c3ccccc3)cc2)C[C@@H](O)CC1. The van der Waals surface area contributed by atoms with Crippen LogP contribution in [0.5, 0.6) is 5.75 Å². The van der Waals surface area contributed by atoms with Crippen molar-refractivity contribution in [3.63, 3.8) is 0 Å². The number of allylic oxidation sites excluding steroid dienone is 2. The second-order valence-electron chi connectivity index (χ2n) is 19.5. The zero-order chi connectivity index (χ0) is 45.8. The molecule has 0 spiro atoms. The van der Waals surface area contributed by atoms with Gasteiger partial charge in [0.2, 0.25) is 0 Å². The number of carbonyl (C=O) groups is 2. The number of nitrogens with zero attached hydrogens (tertiary/aromatic N) is 1. The molecular weight excluding hydrogens is 816 g/mol. The lowest BCUT2D eigenvalue weighted by atomic mass is 9.64. The molecule has 0 aromatic heterocycles. The van der Waals surface area contributed by atoms with Gasteiger partial charge >= 0.3 is 12.5 Å². The number of carbonyl (C=O) groups excluding carboxylic acids is 2. The van der Waals surface area contributed by atoms with Crippen molar-refractivity contribution in [1.82, 2.24) is 4.90 Å². The maximum Gasteiger partial charge on any atom is 0.573 e. The lowest BCUT2D eigenvalue weighted by molar-refractivity contribution is -0.274. The van der Waals surface area contributed by atoms with E-state index in [-0.39, 0.29) is 48.5 Å². The minimum absolute atomic E-state index is 0.0123. The molecule has 0 radical (unpaired) electrons. The van der Waals surface area contributed by atoms with Crippen molar-refractivity contribution in [2.75, 3.05) is 6.54 Å². The summed E-state index contributed by atoms with van der Waals surface area (Å²) in [5, 5.41) is 24.4. The van der Waals surface area contributed by atoms with Crippen LogP contribution in [-0.2, 0) is 17.7 Å². The maximum atomic E-state index is 14.8. The summed E-state index contributed by atoms with van der Waals surface area (Å²) in [6, 6.07) is 29.0. The third-order valence-electron chi connectivity index (χ3n) is 14.6. The number of halogens is 3. The summed E-state index contributed by atoms with van der Waals surface area (Å²) in [4.78, 5) is 31.0. The van der Waals surface area contributed by atoms with Crippen molar-refractivity contribution in [3.8, 4) is 16.9 Å². The Balaban J connectivity index is 1.26. The van der Waals surface area contributed by atoms with Crippen molar-refractivity contribution >= 4 is 11.9 Å². The van der Waals surface area contributed by atoms with E-state index >= 15 is 0 Å². The number of hydrogen-bond donors (Lipinski definition) is 2. The molecule has 8 rings (SSSR count). The van der Waals surface area contributed by atoms with Crippen molar-refractivity contribution in [2.45, 2.75) is 135 Å². The number of alkyl halides is 3. The first-order chi connectivity index (χ1) is 30.4. The van der Waals surface area contributed by atoms with E-state index in [0.717, 1.165) is 47.1 Å². The fourth-order valence-corrected chi connectivity index (χ4v) is 10.8. The Morgan fingerprint density at radius 3 is 2.28 bits per heavy atom. The van der Waals surface area contributed by atoms with E-state index in [9.17, 15) is 33.0 Å². The van der Waals surface area contributed by atoms with Crippen LogP contribution in [0.15, 0.2) is 109 Å². The molecule has 7 atom stereocenters. The van der Waals surface area contributed by atoms with Crippen molar-refractivity contribution in [3.05, 3.63) is 137 Å². The van der Waals surface area contributed by atoms with Crippen LogP contribution in [0.2, 0.25) is 0 Å². The Bertz CT molecular complexity index is 2260. The van der Waals surface area contributed by atoms with Gasteiger partial charge in [0, 0.05) is 23.1 Å². The Labute approximate surface area is 376 Å². The normalized spacial score (nSPS) is 26.4. The molecule has 1 amide bonds. The number of ketones is 1. The summed E-state index contributed by atoms with van der Waals surface area (Å²) < 4.78 is 49.8. The Morgan fingerprint density at radius 2 is 1.59 bits per heavy atom. The third-order valence-corrected chi connectivity index (χ3v) is 14.6. The molecule has 2 saturated carbocycles. The molecular formula is C54H64F3NO6. The van der Waals surface area contributed by atoms with Crippen LogP contribution in [0.3, 0.4) is 0 Å². The largest absolute Gasteiger partial charge is 0.573 e. The van der Waals surface area contributed by atoms with Gasteiger partial charge in [-0.05, 0) is 134 Å². The molecule has 2 fully saturated rings. The highest BCUT2D eigenvalue weighted by Gasteiger charge is 2.58. The van der Waals surface area contributed by atoms with E-state index in [1.165, 1.54) is 29.2 Å². The van der Waals surface area contributed by atoms with Crippen LogP contribution in [0.1, 0.15) is 131 Å². The van der Waals surface area contributed by atoms with Crippen LogP contribution < -0.4 is 4.74 Å². The highest BCUT2D eigenvalue weighted by molar-refractivity contribution is 6.10. The van der Waals surface area contributed by atoms with Crippen LogP contribution in [-0.4, -0.2) is 57.7 Å². The topological polar surface area (TPSA) is 96.3 Å². The van der Waals surface area contributed by atoms with Crippen LogP contribution in [0, 0.1) is 23.2 Å². The second kappa shape index (κ2) is 19.7. The summed E-state index contributed by atoms with van der Waals surface area (Å²) in [7, 11) is 0. The van der Waals surface area contributed by atoms with Gasteiger partial charge in [-0.3, -0.25) is 4.79 Å². The Kier molecular flexibility index (Phi) is 14.5. The Morgan fingerprint density at radius 1 is 0.891 bits per heavy atom. The number of fused-ring (bicyclic) bond motifs is 8. The molecule has 4 aliphatic rings. The van der Waals surface area contributed by atoms with Gasteiger partial charge in [0.05, 0.1) is 18.2 Å². The number of ether oxygens (including phenoxy) is 2. The van der Waals surface area contributed by atoms with Gasteiger partial charge in [-0.2, -0.15) is 0 Å². The van der Waals surface area contributed by atoms with Gasteiger partial charge in [0.15, 0.2) is 5.78 Å². The summed E-state index contributed by atoms with van der Waals surface area (Å²) in [5.41, 5.74) is 4.16. The first-order valence-electron chi connectivity index (χ1n) is 23.1. The molecule has 0 saturated heterocycles. The number of aliphatic hydroxyl groups is 2. The van der Waals surface area contributed by atoms with E-state index in [1.54, 1.807) is 0 Å². The third kappa shape index (κ3) is 10.9. The summed E-state index contributed by atoms with van der Waals surface area (Å²) in [6.07, 6.45) is 2.24. The standard InChI is InChI=1S/C54H64F3NO6/c1-35(2)45-25-14-37(4)30-49(45)63-51(61)58(33-38-15-23-44(24-16-38)64-54(55,56)57)34-53(62)29-27-48-46-26-17-39(31-43(59)22-13-36(3)10-9-28-52(48,53)5)32-47(46)50(60)42-20-18-41(19-21-42)40-11-7-6-8-12-40/h6-8,10-12,15-21,23-24,26,32,35,37,43,45,48-49,59,62H,9,13-14,22,25,27-31,33-34H2,1-5H3/t37-,43-,45+,48-,49-,52-,53+/m0/s1. The smallest absolute Gasteiger partial charge is 0.446 e. The lowest BCUT2D eigenvalue weighted by Gasteiger charge is -2.46. The molecule has 7 nitrogen and oxygen atoms in total. The van der Waals surface area contributed by atoms with E-state index in [4.69, 9.17) is 4.74 Å². The maximum absolute atomic E-state index is 14.8. The summed E-state index contributed by atoms with van der Waals surface area (Å²) in [6.45, 7) is 10.5. The zero-order valence-electron chi connectivity index (χ0n) is 37.9. The molecule has 10 heteroatoms. The summed E-state index contributed by atoms with van der Waals surface area (Å²) in [5.74, 6) is 0.0190. The predicted octanol–water partition coefficient (Wildman–Crippen LogP) is 12.6. The van der Waals surface area contributed by atoms with Crippen molar-refractivity contribution < 1.29 is 42.4 Å². The Hall–Kier alpha value is -4.93. The average molecular weight is 880 g/mol. The molecule has 2 bridgehead atoms. The van der Waals surface area contributed by atoms with Gasteiger partial charge in [0.25, 0.3) is 0 Å². The molecule has 4 aliphatic carbocycles. The molecule has 0 unspecified atom stereocenters. The highest BCUT2D eigenvalue weighted by Crippen LogP contribution is 2.59. The second-order valence-corrected chi connectivity index (χ2v) is 19.5. The minimum Gasteiger partial charge on any atom is -0.446 e. The van der Waals surface area contributed by atoms with E-state index < -0.39 is 29.6 Å². The van der Waals surface area contributed by atoms with Crippen LogP contribution >= 0.6 is 0 Å². The first-order valence-corrected chi connectivity index (χ1v) is 23.1. The quantitative estimate of drug-likeness (QED) is 0.122. The van der Waals surface area contributed by atoms with E-state index in [2.05, 4.69) is 45.4 Å². The van der Waals surface area contributed by atoms with Gasteiger partial charge in [-0.1, -0.05) is 125 Å². The molecule has 4 aromatic rings.